The third kappa shape index (κ3) is 1.92. The summed E-state index contributed by atoms with van der Waals surface area (Å²) in [6, 6.07) is 4.91. The van der Waals surface area contributed by atoms with Gasteiger partial charge in [-0.2, -0.15) is 0 Å². The monoisotopic (exact) mass is 315 g/mol. The van der Waals surface area contributed by atoms with Crippen molar-refractivity contribution in [1.29, 1.82) is 0 Å². The van der Waals surface area contributed by atoms with E-state index in [4.69, 9.17) is 0 Å². The molecule has 10 heavy (non-hydrogen) atoms. The van der Waals surface area contributed by atoms with Crippen molar-refractivity contribution in [2.24, 2.45) is 0 Å². The van der Waals surface area contributed by atoms with Crippen molar-refractivity contribution in [2.45, 2.75) is 6.92 Å². The fourth-order valence-electron chi connectivity index (χ4n) is 0.688. The fourth-order valence-corrected chi connectivity index (χ4v) is 3.74. The topological polar surface area (TPSA) is 0 Å². The summed E-state index contributed by atoms with van der Waals surface area (Å²) < 4.78 is 13.7. The van der Waals surface area contributed by atoms with E-state index in [0.29, 0.717) is 0 Å². The van der Waals surface area contributed by atoms with E-state index in [2.05, 4.69) is 12.7 Å². The normalized spacial score (nSPS) is 10.3. The van der Waals surface area contributed by atoms with Crippen LogP contribution < -0.4 is 19.0 Å². The second-order valence-electron chi connectivity index (χ2n) is 1.96. The Hall–Kier alpha value is 0.360. The Bertz CT molecular complexity index is 237. The molecule has 56 valence electrons. The van der Waals surface area contributed by atoms with E-state index in [0.717, 1.165) is 5.56 Å². The Morgan fingerprint density at radius 3 is 2.70 bits per heavy atom. The molecule has 0 bridgehead atoms. The van der Waals surface area contributed by atoms with Crippen molar-refractivity contribution in [1.82, 2.24) is 0 Å². The molecule has 1 aromatic carbocycles. The second kappa shape index (κ2) is 3.67. The second-order valence-corrected chi connectivity index (χ2v) is 5.55. The molecule has 0 aromatic heterocycles. The number of halogens is 3. The minimum absolute atomic E-state index is 0.0793. The van der Waals surface area contributed by atoms with Gasteiger partial charge in [-0.15, -0.1) is 0 Å². The van der Waals surface area contributed by atoms with Gasteiger partial charge in [0.05, 0.1) is 0 Å². The molecule has 1 aromatic rings. The first kappa shape index (κ1) is 8.46. The number of hydrogen-bond donors (Lipinski definition) is 0. The van der Waals surface area contributed by atoms with Gasteiger partial charge >= 0.3 is 76.1 Å². The Labute approximate surface area is 75.8 Å². The molecule has 0 saturated carbocycles. The predicted octanol–water partition coefficient (Wildman–Crippen LogP) is -0.297. The molecule has 0 saturated heterocycles. The van der Waals surface area contributed by atoms with Crippen molar-refractivity contribution in [3.63, 3.8) is 0 Å². The van der Waals surface area contributed by atoms with Crippen LogP contribution in [0.25, 0.3) is 0 Å². The van der Waals surface area contributed by atoms with Crippen LogP contribution in [0.4, 0.5) is 4.39 Å². The van der Waals surface area contributed by atoms with E-state index in [1.165, 1.54) is 9.64 Å². The molecule has 0 heterocycles. The Balaban J connectivity index is 3.07. The number of rotatable bonds is 1. The standard InChI is InChI=1S/C7H6BrFI/c1-5-4-6(9)2-3-7(5)10-8/h2-4H,1H3/q-1. The van der Waals surface area contributed by atoms with E-state index in [9.17, 15) is 4.39 Å². The maximum atomic E-state index is 12.5. The first-order valence-corrected chi connectivity index (χ1v) is 8.67. The fraction of sp³-hybridized carbons (Fsp3) is 0.143. The molecule has 3 heteroatoms. The number of hydrogen-bond acceptors (Lipinski definition) is 0. The van der Waals surface area contributed by atoms with Crippen molar-refractivity contribution < 1.29 is 23.4 Å². The maximum absolute atomic E-state index is 12.5. The van der Waals surface area contributed by atoms with Gasteiger partial charge in [-0.05, 0) is 0 Å². The third-order valence-electron chi connectivity index (χ3n) is 1.20. The first-order valence-electron chi connectivity index (χ1n) is 2.76. The molecule has 0 radical (unpaired) electrons. The van der Waals surface area contributed by atoms with Gasteiger partial charge in [-0.1, -0.05) is 0 Å². The summed E-state index contributed by atoms with van der Waals surface area (Å²) >= 11 is 3.34. The van der Waals surface area contributed by atoms with Crippen LogP contribution in [0.1, 0.15) is 5.56 Å². The minimum atomic E-state index is -0.147. The Morgan fingerprint density at radius 2 is 2.20 bits per heavy atom. The zero-order valence-electron chi connectivity index (χ0n) is 5.37. The summed E-state index contributed by atoms with van der Waals surface area (Å²) in [7, 11) is 0. The molecule has 0 nitrogen and oxygen atoms in total. The van der Waals surface area contributed by atoms with Crippen LogP contribution >= 0.6 is 12.7 Å². The summed E-state index contributed by atoms with van der Waals surface area (Å²) in [5, 5.41) is 0. The van der Waals surface area contributed by atoms with E-state index in [1.807, 2.05) is 13.0 Å². The molecule has 0 aliphatic heterocycles. The quantitative estimate of drug-likeness (QED) is 0.625. The molecular formula is C7H6BrFI-. The summed E-state index contributed by atoms with van der Waals surface area (Å²) in [6.45, 7) is 1.93. The zero-order chi connectivity index (χ0) is 7.56. The van der Waals surface area contributed by atoms with Gasteiger partial charge in [0.25, 0.3) is 0 Å². The molecule has 0 fully saturated rings. The number of aryl methyl sites for hydroxylation is 1. The molecule has 0 atom stereocenters. The van der Waals surface area contributed by atoms with Crippen LogP contribution in [0.5, 0.6) is 0 Å². The summed E-state index contributed by atoms with van der Waals surface area (Å²) in [5.41, 5.74) is 1.05. The van der Waals surface area contributed by atoms with Crippen LogP contribution in [0.2, 0.25) is 0 Å². The number of benzene rings is 1. The Morgan fingerprint density at radius 1 is 1.50 bits per heavy atom. The van der Waals surface area contributed by atoms with Gasteiger partial charge in [0.15, 0.2) is 0 Å². The molecule has 0 aliphatic rings. The van der Waals surface area contributed by atoms with Crippen molar-refractivity contribution in [2.75, 3.05) is 0 Å². The van der Waals surface area contributed by atoms with E-state index in [-0.39, 0.29) is 24.8 Å². The van der Waals surface area contributed by atoms with E-state index >= 15 is 0 Å². The Kier molecular flexibility index (Phi) is 3.10. The van der Waals surface area contributed by atoms with Crippen LogP contribution in [-0.4, -0.2) is 0 Å². The predicted molar refractivity (Wildman–Crippen MR) is 38.8 cm³/mol. The molecule has 0 N–H and O–H groups in total. The van der Waals surface area contributed by atoms with E-state index in [1.54, 1.807) is 6.07 Å². The van der Waals surface area contributed by atoms with Crippen LogP contribution in [0.3, 0.4) is 0 Å². The van der Waals surface area contributed by atoms with E-state index < -0.39 is 0 Å². The summed E-state index contributed by atoms with van der Waals surface area (Å²) in [6.07, 6.45) is 0. The average molecular weight is 316 g/mol. The van der Waals surface area contributed by atoms with Crippen molar-refractivity contribution in [3.05, 3.63) is 33.1 Å². The third-order valence-corrected chi connectivity index (χ3v) is 5.01. The molecule has 0 aliphatic carbocycles. The SMILES string of the molecule is Cc1cc(F)ccc1[I-]Br. The average Bonchev–Trinajstić information content (AvgIpc) is 1.88. The van der Waals surface area contributed by atoms with Crippen molar-refractivity contribution in [3.8, 4) is 0 Å². The molecule has 0 amide bonds. The van der Waals surface area contributed by atoms with Gasteiger partial charge in [-0.3, -0.25) is 0 Å². The first-order chi connectivity index (χ1) is 4.74. The van der Waals surface area contributed by atoms with Gasteiger partial charge in [0.2, 0.25) is 0 Å². The molecule has 0 spiro atoms. The van der Waals surface area contributed by atoms with Gasteiger partial charge < -0.3 is 0 Å². The van der Waals surface area contributed by atoms with Gasteiger partial charge in [0.1, 0.15) is 0 Å². The van der Waals surface area contributed by atoms with Crippen LogP contribution in [-0.2, 0) is 0 Å². The summed E-state index contributed by atoms with van der Waals surface area (Å²) in [5.74, 6) is -0.147. The molecule has 0 unspecified atom stereocenters. The summed E-state index contributed by atoms with van der Waals surface area (Å²) in [4.78, 5) is 0. The zero-order valence-corrected chi connectivity index (χ0v) is 9.11. The van der Waals surface area contributed by atoms with Crippen molar-refractivity contribution >= 4 is 12.7 Å². The molecular weight excluding hydrogens is 310 g/mol. The van der Waals surface area contributed by atoms with Gasteiger partial charge in [0, 0.05) is 0 Å². The van der Waals surface area contributed by atoms with Crippen LogP contribution in [0.15, 0.2) is 18.2 Å². The van der Waals surface area contributed by atoms with Gasteiger partial charge in [-0.25, -0.2) is 0 Å². The molecule has 1 rings (SSSR count). The van der Waals surface area contributed by atoms with Crippen LogP contribution in [0, 0.1) is 16.3 Å².